The summed E-state index contributed by atoms with van der Waals surface area (Å²) in [5.74, 6) is 0.437. The van der Waals surface area contributed by atoms with Gasteiger partial charge in [0.15, 0.2) is 5.78 Å². The lowest BCUT2D eigenvalue weighted by atomic mass is 10.1. The number of hydrogen-bond acceptors (Lipinski definition) is 2. The van der Waals surface area contributed by atoms with Crippen molar-refractivity contribution in [3.8, 4) is 0 Å². The summed E-state index contributed by atoms with van der Waals surface area (Å²) < 4.78 is 12.5. The minimum absolute atomic E-state index is 0.0500. The van der Waals surface area contributed by atoms with Crippen LogP contribution in [0.1, 0.15) is 23.2 Å². The largest absolute Gasteiger partial charge is 0.294 e. The van der Waals surface area contributed by atoms with E-state index in [-0.39, 0.29) is 11.6 Å². The van der Waals surface area contributed by atoms with Crippen molar-refractivity contribution < 1.29 is 9.18 Å². The third kappa shape index (κ3) is 3.19. The number of thiol groups is 1. The normalized spacial score (nSPS) is 10.0. The molecule has 70 valence electrons. The van der Waals surface area contributed by atoms with Crippen molar-refractivity contribution in [1.29, 1.82) is 0 Å². The van der Waals surface area contributed by atoms with Gasteiger partial charge in [-0.25, -0.2) is 4.39 Å². The molecule has 1 rings (SSSR count). The van der Waals surface area contributed by atoms with Crippen molar-refractivity contribution in [2.75, 3.05) is 5.75 Å². The average Bonchev–Trinajstić information content (AvgIpc) is 2.15. The molecular weight excluding hydrogens is 187 g/mol. The highest BCUT2D eigenvalue weighted by Gasteiger charge is 2.04. The van der Waals surface area contributed by atoms with Crippen LogP contribution in [0.3, 0.4) is 0 Å². The Morgan fingerprint density at radius 2 is 1.92 bits per heavy atom. The zero-order valence-corrected chi connectivity index (χ0v) is 8.06. The van der Waals surface area contributed by atoms with Crippen LogP contribution in [0.5, 0.6) is 0 Å². The van der Waals surface area contributed by atoms with Gasteiger partial charge in [0.25, 0.3) is 0 Å². The van der Waals surface area contributed by atoms with Gasteiger partial charge in [0.1, 0.15) is 5.82 Å². The highest BCUT2D eigenvalue weighted by atomic mass is 32.1. The fourth-order valence-electron chi connectivity index (χ4n) is 1.02. The van der Waals surface area contributed by atoms with E-state index in [1.54, 1.807) is 0 Å². The van der Waals surface area contributed by atoms with Crippen LogP contribution < -0.4 is 0 Å². The molecule has 0 heterocycles. The van der Waals surface area contributed by atoms with Gasteiger partial charge in [-0.05, 0) is 36.4 Å². The highest BCUT2D eigenvalue weighted by molar-refractivity contribution is 7.80. The first-order valence-electron chi connectivity index (χ1n) is 4.13. The molecule has 0 N–H and O–H groups in total. The Morgan fingerprint density at radius 1 is 1.31 bits per heavy atom. The van der Waals surface area contributed by atoms with E-state index in [1.807, 2.05) is 0 Å². The summed E-state index contributed by atoms with van der Waals surface area (Å²) >= 11 is 4.01. The maximum absolute atomic E-state index is 12.5. The summed E-state index contributed by atoms with van der Waals surface area (Å²) in [6.45, 7) is 0. The van der Waals surface area contributed by atoms with E-state index in [1.165, 1.54) is 24.3 Å². The molecule has 0 radical (unpaired) electrons. The Hall–Kier alpha value is -0.830. The fraction of sp³-hybridized carbons (Fsp3) is 0.300. The lowest BCUT2D eigenvalue weighted by Gasteiger charge is -1.98. The molecule has 1 nitrogen and oxygen atoms in total. The number of Topliss-reactive ketones (excluding diaryl/α,β-unsaturated/α-hetero) is 1. The molecule has 3 heteroatoms. The average molecular weight is 198 g/mol. The van der Waals surface area contributed by atoms with Gasteiger partial charge in [-0.15, -0.1) is 0 Å². The number of ketones is 1. The van der Waals surface area contributed by atoms with Crippen LogP contribution >= 0.6 is 12.6 Å². The van der Waals surface area contributed by atoms with Gasteiger partial charge in [0, 0.05) is 12.0 Å². The number of benzene rings is 1. The number of halogens is 1. The Morgan fingerprint density at radius 3 is 2.46 bits per heavy atom. The second-order valence-corrected chi connectivity index (χ2v) is 3.20. The van der Waals surface area contributed by atoms with Crippen LogP contribution in [-0.2, 0) is 0 Å². The molecule has 0 fully saturated rings. The van der Waals surface area contributed by atoms with Gasteiger partial charge in [-0.2, -0.15) is 12.6 Å². The van der Waals surface area contributed by atoms with E-state index in [0.717, 1.165) is 6.42 Å². The van der Waals surface area contributed by atoms with Gasteiger partial charge in [0.05, 0.1) is 0 Å². The van der Waals surface area contributed by atoms with Crippen molar-refractivity contribution in [2.45, 2.75) is 12.8 Å². The van der Waals surface area contributed by atoms with Crippen molar-refractivity contribution in [1.82, 2.24) is 0 Å². The maximum Gasteiger partial charge on any atom is 0.162 e. The Bertz CT molecular complexity index is 281. The number of carbonyl (C=O) groups is 1. The van der Waals surface area contributed by atoms with Crippen LogP contribution in [-0.4, -0.2) is 11.5 Å². The first-order valence-corrected chi connectivity index (χ1v) is 4.77. The van der Waals surface area contributed by atoms with Gasteiger partial charge in [-0.3, -0.25) is 4.79 Å². The van der Waals surface area contributed by atoms with Gasteiger partial charge in [0.2, 0.25) is 0 Å². The molecule has 0 aliphatic heterocycles. The molecule has 0 spiro atoms. The summed E-state index contributed by atoms with van der Waals surface area (Å²) in [5.41, 5.74) is 0.572. The minimum Gasteiger partial charge on any atom is -0.294 e. The lowest BCUT2D eigenvalue weighted by molar-refractivity contribution is 0.0982. The van der Waals surface area contributed by atoms with Crippen molar-refractivity contribution in [3.63, 3.8) is 0 Å². The maximum atomic E-state index is 12.5. The van der Waals surface area contributed by atoms with Crippen LogP contribution in [0.25, 0.3) is 0 Å². The van der Waals surface area contributed by atoms with Crippen LogP contribution in [0, 0.1) is 5.82 Å². The standard InChI is InChI=1S/C10H11FOS/c11-9-5-3-8(4-6-9)10(12)2-1-7-13/h3-6,13H,1-2,7H2. The summed E-state index contributed by atoms with van der Waals surface area (Å²) in [5, 5.41) is 0. The summed E-state index contributed by atoms with van der Waals surface area (Å²) in [6, 6.07) is 5.62. The van der Waals surface area contributed by atoms with E-state index < -0.39 is 0 Å². The quantitative estimate of drug-likeness (QED) is 0.581. The predicted octanol–water partition coefficient (Wildman–Crippen LogP) is 2.72. The molecule has 0 aliphatic carbocycles. The lowest BCUT2D eigenvalue weighted by Crippen LogP contribution is -1.98. The second kappa shape index (κ2) is 5.02. The number of hydrogen-bond donors (Lipinski definition) is 1. The monoisotopic (exact) mass is 198 g/mol. The Labute approximate surface area is 82.4 Å². The smallest absolute Gasteiger partial charge is 0.162 e. The second-order valence-electron chi connectivity index (χ2n) is 2.76. The molecule has 0 saturated heterocycles. The molecule has 0 aromatic heterocycles. The van der Waals surface area contributed by atoms with Crippen molar-refractivity contribution in [3.05, 3.63) is 35.6 Å². The molecule has 0 bridgehead atoms. The first kappa shape index (κ1) is 10.3. The Balaban J connectivity index is 2.61. The molecule has 0 aliphatic rings. The van der Waals surface area contributed by atoms with Crippen LogP contribution in [0.4, 0.5) is 4.39 Å². The molecule has 0 amide bonds. The van der Waals surface area contributed by atoms with Crippen LogP contribution in [0.2, 0.25) is 0 Å². The third-order valence-electron chi connectivity index (χ3n) is 1.73. The van der Waals surface area contributed by atoms with E-state index in [9.17, 15) is 9.18 Å². The van der Waals surface area contributed by atoms with E-state index >= 15 is 0 Å². The van der Waals surface area contributed by atoms with E-state index in [2.05, 4.69) is 12.6 Å². The molecular formula is C10H11FOS. The van der Waals surface area contributed by atoms with E-state index in [0.29, 0.717) is 17.7 Å². The molecule has 1 aromatic rings. The molecule has 1 aromatic carbocycles. The van der Waals surface area contributed by atoms with Gasteiger partial charge in [-0.1, -0.05) is 0 Å². The summed E-state index contributed by atoms with van der Waals surface area (Å²) in [4.78, 5) is 11.4. The van der Waals surface area contributed by atoms with Crippen molar-refractivity contribution in [2.24, 2.45) is 0 Å². The summed E-state index contributed by atoms with van der Waals surface area (Å²) in [6.07, 6.45) is 1.24. The van der Waals surface area contributed by atoms with Crippen LogP contribution in [0.15, 0.2) is 24.3 Å². The number of rotatable bonds is 4. The number of carbonyl (C=O) groups excluding carboxylic acids is 1. The van der Waals surface area contributed by atoms with Crippen molar-refractivity contribution >= 4 is 18.4 Å². The SMILES string of the molecule is O=C(CCCS)c1ccc(F)cc1. The Kier molecular flexibility index (Phi) is 3.96. The third-order valence-corrected chi connectivity index (χ3v) is 2.04. The highest BCUT2D eigenvalue weighted by Crippen LogP contribution is 2.07. The molecule has 0 atom stereocenters. The van der Waals surface area contributed by atoms with Gasteiger partial charge < -0.3 is 0 Å². The fourth-order valence-corrected chi connectivity index (χ4v) is 1.18. The molecule has 13 heavy (non-hydrogen) atoms. The van der Waals surface area contributed by atoms with Gasteiger partial charge >= 0.3 is 0 Å². The zero-order chi connectivity index (χ0) is 9.68. The minimum atomic E-state index is -0.314. The summed E-state index contributed by atoms with van der Waals surface area (Å²) in [7, 11) is 0. The van der Waals surface area contributed by atoms with E-state index in [4.69, 9.17) is 0 Å². The first-order chi connectivity index (χ1) is 6.24. The predicted molar refractivity (Wildman–Crippen MR) is 53.8 cm³/mol. The topological polar surface area (TPSA) is 17.1 Å². The molecule has 0 unspecified atom stereocenters. The molecule has 0 saturated carbocycles. The zero-order valence-electron chi connectivity index (χ0n) is 7.16.